The van der Waals surface area contributed by atoms with Crippen LogP contribution >= 0.6 is 0 Å². The van der Waals surface area contributed by atoms with Gasteiger partial charge in [-0.2, -0.15) is 0 Å². The van der Waals surface area contributed by atoms with Crippen LogP contribution in [0.2, 0.25) is 0 Å². The van der Waals surface area contributed by atoms with Crippen molar-refractivity contribution in [2.24, 2.45) is 16.8 Å². The maximum Gasteiger partial charge on any atom is 0.239 e. The number of hydrogen-bond donors (Lipinski definition) is 0. The summed E-state index contributed by atoms with van der Waals surface area (Å²) in [6.07, 6.45) is 1.92. The molecule has 3 aliphatic carbocycles. The van der Waals surface area contributed by atoms with E-state index in [9.17, 15) is 9.59 Å². The highest BCUT2D eigenvalue weighted by atomic mass is 16.5. The average molecular weight is 535 g/mol. The van der Waals surface area contributed by atoms with E-state index in [4.69, 9.17) is 9.73 Å². The van der Waals surface area contributed by atoms with Crippen molar-refractivity contribution in [3.8, 4) is 5.75 Å². The normalized spacial score (nSPS) is 24.0. The Bertz CT molecular complexity index is 1870. The van der Waals surface area contributed by atoms with Crippen molar-refractivity contribution >= 4 is 40.2 Å². The third-order valence-corrected chi connectivity index (χ3v) is 9.16. The highest BCUT2D eigenvalue weighted by molar-refractivity contribution is 6.27. The molecule has 1 fully saturated rings. The van der Waals surface area contributed by atoms with Crippen molar-refractivity contribution in [2.45, 2.75) is 11.3 Å². The summed E-state index contributed by atoms with van der Waals surface area (Å²) in [6.45, 7) is 0. The number of carbonyl (C=O) groups is 2. The highest BCUT2D eigenvalue weighted by Crippen LogP contribution is 2.64. The van der Waals surface area contributed by atoms with Crippen LogP contribution in [-0.2, 0) is 15.0 Å². The van der Waals surface area contributed by atoms with Crippen molar-refractivity contribution in [1.29, 1.82) is 0 Å². The summed E-state index contributed by atoms with van der Waals surface area (Å²) >= 11 is 0. The van der Waals surface area contributed by atoms with Crippen LogP contribution in [0.1, 0.15) is 28.2 Å². The minimum Gasteiger partial charge on any atom is -0.497 e. The van der Waals surface area contributed by atoms with Gasteiger partial charge >= 0.3 is 0 Å². The summed E-state index contributed by atoms with van der Waals surface area (Å²) in [7, 11) is 1.63. The number of methoxy groups -OCH3 is 1. The number of benzene rings is 5. The van der Waals surface area contributed by atoms with Crippen molar-refractivity contribution in [3.63, 3.8) is 0 Å². The van der Waals surface area contributed by atoms with E-state index < -0.39 is 17.3 Å². The predicted octanol–water partition coefficient (Wildman–Crippen LogP) is 6.80. The number of anilines is 1. The second kappa shape index (κ2) is 8.73. The molecule has 5 nitrogen and oxygen atoms in total. The molecule has 5 aromatic carbocycles. The molecule has 0 aromatic heterocycles. The number of ether oxygens (including phenoxy) is 1. The Morgan fingerprint density at radius 1 is 0.756 bits per heavy atom. The second-order valence-electron chi connectivity index (χ2n) is 11.0. The summed E-state index contributed by atoms with van der Waals surface area (Å²) in [5.74, 6) is -0.999. The maximum absolute atomic E-state index is 14.7. The molecule has 9 rings (SSSR count). The van der Waals surface area contributed by atoms with Gasteiger partial charge in [0.25, 0.3) is 0 Å². The van der Waals surface area contributed by atoms with Crippen LogP contribution in [0, 0.1) is 11.8 Å². The first kappa shape index (κ1) is 23.8. The molecule has 2 amide bonds. The number of aliphatic imine (C=N–C) groups is 1. The first-order chi connectivity index (χ1) is 20.1. The van der Waals surface area contributed by atoms with E-state index in [1.54, 1.807) is 7.11 Å². The summed E-state index contributed by atoms with van der Waals surface area (Å²) in [5.41, 5.74) is 4.70. The van der Waals surface area contributed by atoms with Gasteiger partial charge in [0, 0.05) is 23.6 Å². The van der Waals surface area contributed by atoms with Gasteiger partial charge in [-0.1, -0.05) is 91.0 Å². The fourth-order valence-electron chi connectivity index (χ4n) is 7.56. The Balaban J connectivity index is 1.39. The molecule has 1 saturated heterocycles. The second-order valence-corrected chi connectivity index (χ2v) is 11.0. The molecule has 5 aromatic rings. The molecule has 5 heteroatoms. The lowest BCUT2D eigenvalue weighted by molar-refractivity contribution is -0.122. The average Bonchev–Trinajstić information content (AvgIpc) is 3.30. The van der Waals surface area contributed by atoms with Crippen LogP contribution in [0.3, 0.4) is 0 Å². The Morgan fingerprint density at radius 3 is 2.17 bits per heavy atom. The molecule has 198 valence electrons. The number of fused-ring (bicyclic) bond motifs is 1. The molecule has 0 unspecified atom stereocenters. The zero-order valence-corrected chi connectivity index (χ0v) is 22.4. The molecule has 2 bridgehead atoms. The monoisotopic (exact) mass is 534 g/mol. The molecule has 4 aliphatic rings. The number of nitrogens with zero attached hydrogens (tertiary/aromatic N) is 2. The SMILES string of the molecule is COc1cccc(N=CC23c4ccccc4C(c4ccccc42)[C@@H]2C(=O)N(c4cccc5ccccc45)C(=O)[C@@H]23)c1. The highest BCUT2D eigenvalue weighted by Gasteiger charge is 2.68. The first-order valence-electron chi connectivity index (χ1n) is 13.9. The van der Waals surface area contributed by atoms with Gasteiger partial charge in [-0.25, -0.2) is 4.90 Å². The van der Waals surface area contributed by atoms with E-state index in [0.717, 1.165) is 38.7 Å². The Morgan fingerprint density at radius 2 is 1.41 bits per heavy atom. The minimum atomic E-state index is -0.915. The zero-order valence-electron chi connectivity index (χ0n) is 22.4. The summed E-state index contributed by atoms with van der Waals surface area (Å²) in [5, 5.41) is 1.88. The number of rotatable bonds is 4. The topological polar surface area (TPSA) is 59.0 Å². The molecule has 41 heavy (non-hydrogen) atoms. The van der Waals surface area contributed by atoms with Crippen molar-refractivity contribution in [2.75, 3.05) is 12.0 Å². The number of carbonyl (C=O) groups excluding carboxylic acids is 2. The lowest BCUT2D eigenvalue weighted by Crippen LogP contribution is -2.54. The molecule has 2 atom stereocenters. The lowest BCUT2D eigenvalue weighted by atomic mass is 9.47. The van der Waals surface area contributed by atoms with Crippen molar-refractivity contribution in [1.82, 2.24) is 0 Å². The summed E-state index contributed by atoms with van der Waals surface area (Å²) < 4.78 is 5.44. The smallest absolute Gasteiger partial charge is 0.239 e. The van der Waals surface area contributed by atoms with E-state index in [2.05, 4.69) is 24.3 Å². The fraction of sp³-hybridized carbons (Fsp3) is 0.139. The molecule has 0 saturated carbocycles. The molecule has 1 aliphatic heterocycles. The van der Waals surface area contributed by atoms with Gasteiger partial charge in [-0.05, 0) is 45.8 Å². The van der Waals surface area contributed by atoms with Gasteiger partial charge in [-0.3, -0.25) is 14.6 Å². The minimum absolute atomic E-state index is 0.149. The van der Waals surface area contributed by atoms with Gasteiger partial charge in [0.15, 0.2) is 0 Å². The summed E-state index contributed by atoms with van der Waals surface area (Å²) in [6, 6.07) is 37.8. The van der Waals surface area contributed by atoms with E-state index in [1.165, 1.54) is 4.90 Å². The van der Waals surface area contributed by atoms with Crippen LogP contribution in [0.5, 0.6) is 5.75 Å². The predicted molar refractivity (Wildman–Crippen MR) is 160 cm³/mol. The molecule has 0 spiro atoms. The van der Waals surface area contributed by atoms with Gasteiger partial charge in [-0.15, -0.1) is 0 Å². The quantitative estimate of drug-likeness (QED) is 0.188. The zero-order chi connectivity index (χ0) is 27.7. The molecule has 0 radical (unpaired) electrons. The summed E-state index contributed by atoms with van der Waals surface area (Å²) in [4.78, 5) is 35.7. The third kappa shape index (κ3) is 3.14. The standard InChI is InChI=1S/C36H26N2O3/c1-41-24-13-9-12-23(20-24)37-21-36-28-17-6-4-15-26(28)31(27-16-5-7-18-29(27)36)32-33(36)35(40)38(34(32)39)30-19-8-11-22-10-2-3-14-25(22)30/h2-21,31-33H,1H3/t31?,32-,33+,36?/m0/s1. The van der Waals surface area contributed by atoms with Gasteiger partial charge in [0.1, 0.15) is 5.75 Å². The van der Waals surface area contributed by atoms with E-state index in [1.807, 2.05) is 97.2 Å². The Kier molecular flexibility index (Phi) is 5.08. The van der Waals surface area contributed by atoms with Gasteiger partial charge in [0.05, 0.1) is 35.7 Å². The maximum atomic E-state index is 14.7. The molecule has 0 N–H and O–H groups in total. The van der Waals surface area contributed by atoms with E-state index >= 15 is 0 Å². The lowest BCUT2D eigenvalue weighted by Gasteiger charge is -2.52. The third-order valence-electron chi connectivity index (χ3n) is 9.16. The van der Waals surface area contributed by atoms with Crippen molar-refractivity contribution < 1.29 is 14.3 Å². The van der Waals surface area contributed by atoms with E-state index in [0.29, 0.717) is 11.4 Å². The van der Waals surface area contributed by atoms with Crippen LogP contribution in [-0.4, -0.2) is 25.1 Å². The van der Waals surface area contributed by atoms with E-state index in [-0.39, 0.29) is 17.7 Å². The van der Waals surface area contributed by atoms with Gasteiger partial charge in [0.2, 0.25) is 11.8 Å². The largest absolute Gasteiger partial charge is 0.497 e. The Hall–Kier alpha value is -5.03. The fourth-order valence-corrected chi connectivity index (χ4v) is 7.56. The van der Waals surface area contributed by atoms with Crippen LogP contribution in [0.15, 0.2) is 120 Å². The Labute approximate surface area is 237 Å². The molecular formula is C36H26N2O3. The van der Waals surface area contributed by atoms with Crippen LogP contribution in [0.25, 0.3) is 10.8 Å². The van der Waals surface area contributed by atoms with Crippen LogP contribution in [0.4, 0.5) is 11.4 Å². The molecule has 1 heterocycles. The molecular weight excluding hydrogens is 508 g/mol. The number of imide groups is 1. The number of hydrogen-bond acceptors (Lipinski definition) is 4. The van der Waals surface area contributed by atoms with Crippen molar-refractivity contribution in [3.05, 3.63) is 138 Å². The van der Waals surface area contributed by atoms with Gasteiger partial charge < -0.3 is 4.74 Å². The first-order valence-corrected chi connectivity index (χ1v) is 13.9. The van der Waals surface area contributed by atoms with Crippen LogP contribution < -0.4 is 9.64 Å². The number of amides is 2.